The summed E-state index contributed by atoms with van der Waals surface area (Å²) in [5.74, 6) is 0.0595. The van der Waals surface area contributed by atoms with Crippen molar-refractivity contribution in [3.63, 3.8) is 0 Å². The first-order chi connectivity index (χ1) is 11.7. The minimum absolute atomic E-state index is 0.0595. The van der Waals surface area contributed by atoms with Crippen LogP contribution in [-0.4, -0.2) is 17.4 Å². The fourth-order valence-corrected chi connectivity index (χ4v) is 3.47. The lowest BCUT2D eigenvalue weighted by Crippen LogP contribution is -2.57. The van der Waals surface area contributed by atoms with Gasteiger partial charge < -0.3 is 10.2 Å². The summed E-state index contributed by atoms with van der Waals surface area (Å²) >= 11 is 0. The molecular weight excluding hydrogens is 296 g/mol. The maximum Gasteiger partial charge on any atom is 0.258 e. The molecule has 2 aromatic carbocycles. The van der Waals surface area contributed by atoms with Crippen molar-refractivity contribution in [3.8, 4) is 0 Å². The molecule has 0 saturated heterocycles. The van der Waals surface area contributed by atoms with Gasteiger partial charge in [0.2, 0.25) is 0 Å². The van der Waals surface area contributed by atoms with Crippen LogP contribution in [0.3, 0.4) is 0 Å². The Kier molecular flexibility index (Phi) is 4.70. The predicted molar refractivity (Wildman–Crippen MR) is 98.9 cm³/mol. The molecule has 1 N–H and O–H groups in total. The Morgan fingerprint density at radius 2 is 1.83 bits per heavy atom. The minimum Gasteiger partial charge on any atom is -0.358 e. The van der Waals surface area contributed by atoms with Crippen molar-refractivity contribution in [2.75, 3.05) is 11.9 Å². The molecule has 3 nitrogen and oxygen atoms in total. The van der Waals surface area contributed by atoms with Crippen molar-refractivity contribution in [2.24, 2.45) is 0 Å². The molecule has 1 amide bonds. The van der Waals surface area contributed by atoms with Crippen molar-refractivity contribution >= 4 is 11.6 Å². The van der Waals surface area contributed by atoms with E-state index in [0.717, 1.165) is 36.1 Å². The fourth-order valence-electron chi connectivity index (χ4n) is 3.47. The Morgan fingerprint density at radius 1 is 1.12 bits per heavy atom. The van der Waals surface area contributed by atoms with Crippen LogP contribution < -0.4 is 5.32 Å². The SMILES string of the molecule is C=CCN1C(=O)c2ccccc2NC1(CCCC)c1ccccc1. The van der Waals surface area contributed by atoms with Crippen molar-refractivity contribution in [2.45, 2.75) is 31.8 Å². The Labute approximate surface area is 144 Å². The lowest BCUT2D eigenvalue weighted by atomic mass is 9.87. The first-order valence-electron chi connectivity index (χ1n) is 8.58. The molecule has 2 aromatic rings. The highest BCUT2D eigenvalue weighted by Gasteiger charge is 2.44. The van der Waals surface area contributed by atoms with Gasteiger partial charge in [-0.1, -0.05) is 61.9 Å². The molecule has 0 aromatic heterocycles. The molecule has 1 unspecified atom stereocenters. The van der Waals surface area contributed by atoms with Gasteiger partial charge in [-0.15, -0.1) is 6.58 Å². The number of benzene rings is 2. The number of amides is 1. The lowest BCUT2D eigenvalue weighted by molar-refractivity contribution is 0.0507. The van der Waals surface area contributed by atoms with Gasteiger partial charge in [0.15, 0.2) is 0 Å². The van der Waals surface area contributed by atoms with Crippen LogP contribution in [0.15, 0.2) is 67.3 Å². The smallest absolute Gasteiger partial charge is 0.258 e. The molecule has 3 rings (SSSR count). The van der Waals surface area contributed by atoms with Crippen molar-refractivity contribution in [1.29, 1.82) is 0 Å². The molecule has 124 valence electrons. The van der Waals surface area contributed by atoms with Crippen LogP contribution in [0.4, 0.5) is 5.69 Å². The number of nitrogens with one attached hydrogen (secondary N) is 1. The third-order valence-corrected chi connectivity index (χ3v) is 4.66. The molecule has 0 radical (unpaired) electrons. The van der Waals surface area contributed by atoms with Crippen LogP contribution in [0.2, 0.25) is 0 Å². The number of unbranched alkanes of at least 4 members (excludes halogenated alkanes) is 1. The number of nitrogens with zero attached hydrogens (tertiary/aromatic N) is 1. The van der Waals surface area contributed by atoms with Gasteiger partial charge in [0.25, 0.3) is 5.91 Å². The summed E-state index contributed by atoms with van der Waals surface area (Å²) in [6, 6.07) is 18.0. The van der Waals surface area contributed by atoms with E-state index in [-0.39, 0.29) is 5.91 Å². The third kappa shape index (κ3) is 2.71. The number of para-hydroxylation sites is 1. The van der Waals surface area contributed by atoms with Gasteiger partial charge in [0.05, 0.1) is 5.56 Å². The van der Waals surface area contributed by atoms with E-state index in [1.807, 2.05) is 47.4 Å². The Bertz CT molecular complexity index is 726. The third-order valence-electron chi connectivity index (χ3n) is 4.66. The van der Waals surface area contributed by atoms with Crippen LogP contribution in [0.5, 0.6) is 0 Å². The fraction of sp³-hybridized carbons (Fsp3) is 0.286. The van der Waals surface area contributed by atoms with E-state index in [9.17, 15) is 4.79 Å². The van der Waals surface area contributed by atoms with Gasteiger partial charge in [-0.05, 0) is 30.5 Å². The standard InChI is InChI=1S/C21H24N2O/c1-3-5-15-21(17-11-7-6-8-12-17)22-19-14-10-9-13-18(19)20(24)23(21)16-4-2/h4,6-14,22H,2-3,5,15-16H2,1H3. The normalized spacial score (nSPS) is 19.5. The Hall–Kier alpha value is -2.55. The first-order valence-corrected chi connectivity index (χ1v) is 8.58. The minimum atomic E-state index is -0.531. The van der Waals surface area contributed by atoms with Gasteiger partial charge in [-0.3, -0.25) is 4.79 Å². The Morgan fingerprint density at radius 3 is 2.54 bits per heavy atom. The van der Waals surface area contributed by atoms with Crippen molar-refractivity contribution < 1.29 is 4.79 Å². The Balaban J connectivity index is 2.17. The molecule has 1 atom stereocenters. The number of anilines is 1. The quantitative estimate of drug-likeness (QED) is 0.777. The zero-order valence-corrected chi connectivity index (χ0v) is 14.2. The van der Waals surface area contributed by atoms with Crippen LogP contribution >= 0.6 is 0 Å². The molecule has 0 bridgehead atoms. The predicted octanol–water partition coefficient (Wildman–Crippen LogP) is 4.78. The van der Waals surface area contributed by atoms with E-state index >= 15 is 0 Å². The van der Waals surface area contributed by atoms with Gasteiger partial charge in [0, 0.05) is 12.2 Å². The molecule has 0 aliphatic carbocycles. The second-order valence-electron chi connectivity index (χ2n) is 6.20. The van der Waals surface area contributed by atoms with Crippen LogP contribution in [0, 0.1) is 0 Å². The zero-order valence-electron chi connectivity index (χ0n) is 14.2. The maximum absolute atomic E-state index is 13.2. The monoisotopic (exact) mass is 320 g/mol. The van der Waals surface area contributed by atoms with Crippen LogP contribution in [0.25, 0.3) is 0 Å². The second-order valence-corrected chi connectivity index (χ2v) is 6.20. The molecule has 1 heterocycles. The van der Waals surface area contributed by atoms with E-state index < -0.39 is 5.66 Å². The van der Waals surface area contributed by atoms with E-state index in [0.29, 0.717) is 6.54 Å². The molecule has 24 heavy (non-hydrogen) atoms. The highest BCUT2D eigenvalue weighted by molar-refractivity contribution is 6.02. The molecule has 1 aliphatic heterocycles. The molecular formula is C21H24N2O. The summed E-state index contributed by atoms with van der Waals surface area (Å²) in [4.78, 5) is 15.1. The van der Waals surface area contributed by atoms with Crippen LogP contribution in [0.1, 0.15) is 42.1 Å². The summed E-state index contributed by atoms with van der Waals surface area (Å²) in [6.45, 7) is 6.55. The van der Waals surface area contributed by atoms with E-state index in [2.05, 4.69) is 31.0 Å². The average Bonchev–Trinajstić information content (AvgIpc) is 2.63. The molecule has 0 spiro atoms. The summed E-state index contributed by atoms with van der Waals surface area (Å²) in [7, 11) is 0. The van der Waals surface area contributed by atoms with Gasteiger partial charge in [0.1, 0.15) is 5.66 Å². The molecule has 0 saturated carbocycles. The van der Waals surface area contributed by atoms with E-state index in [1.54, 1.807) is 6.08 Å². The largest absolute Gasteiger partial charge is 0.358 e. The van der Waals surface area contributed by atoms with Gasteiger partial charge in [-0.25, -0.2) is 0 Å². The number of hydrogen-bond acceptors (Lipinski definition) is 2. The van der Waals surface area contributed by atoms with Gasteiger partial charge in [-0.2, -0.15) is 0 Å². The first kappa shape index (κ1) is 16.3. The lowest BCUT2D eigenvalue weighted by Gasteiger charge is -2.49. The molecule has 3 heteroatoms. The highest BCUT2D eigenvalue weighted by Crippen LogP contribution is 2.41. The number of carbonyl (C=O) groups is 1. The summed E-state index contributed by atoms with van der Waals surface area (Å²) in [5.41, 5.74) is 2.21. The highest BCUT2D eigenvalue weighted by atomic mass is 16.2. The number of carbonyl (C=O) groups excluding carboxylic acids is 1. The summed E-state index contributed by atoms with van der Waals surface area (Å²) in [6.07, 6.45) is 4.78. The van der Waals surface area contributed by atoms with Crippen molar-refractivity contribution in [3.05, 3.63) is 78.4 Å². The summed E-state index contributed by atoms with van der Waals surface area (Å²) in [5, 5.41) is 3.68. The number of fused-ring (bicyclic) bond motifs is 1. The van der Waals surface area contributed by atoms with Crippen LogP contribution in [-0.2, 0) is 5.66 Å². The van der Waals surface area contributed by atoms with E-state index in [1.165, 1.54) is 0 Å². The van der Waals surface area contributed by atoms with E-state index in [4.69, 9.17) is 0 Å². The number of hydrogen-bond donors (Lipinski definition) is 1. The molecule has 1 aliphatic rings. The number of rotatable bonds is 6. The van der Waals surface area contributed by atoms with Gasteiger partial charge >= 0.3 is 0 Å². The molecule has 0 fully saturated rings. The topological polar surface area (TPSA) is 32.3 Å². The van der Waals surface area contributed by atoms with Crippen molar-refractivity contribution in [1.82, 2.24) is 4.90 Å². The second kappa shape index (κ2) is 6.91. The average molecular weight is 320 g/mol. The maximum atomic E-state index is 13.2. The zero-order chi connectivity index (χ0) is 17.0. The summed E-state index contributed by atoms with van der Waals surface area (Å²) < 4.78 is 0.